The Balaban J connectivity index is 2.78. The molecule has 0 aliphatic heterocycles. The number of carbonyl (C=O) groups is 2. The van der Waals surface area contributed by atoms with E-state index in [-0.39, 0.29) is 12.3 Å². The minimum atomic E-state index is -0.544. The highest BCUT2D eigenvalue weighted by Crippen LogP contribution is 2.48. The molecule has 0 aliphatic rings. The third kappa shape index (κ3) is 4.56. The molecule has 0 saturated heterocycles. The average molecular weight is 468 g/mol. The van der Waals surface area contributed by atoms with Gasteiger partial charge in [0.15, 0.2) is 11.5 Å². The molecule has 0 radical (unpaired) electrons. The molecule has 0 bridgehead atoms. The van der Waals surface area contributed by atoms with E-state index >= 15 is 0 Å². The molecule has 0 unspecified atom stereocenters. The number of nitrogens with one attached hydrogen (secondary N) is 1. The lowest BCUT2D eigenvalue weighted by atomic mass is 10.0. The molecule has 8 nitrogen and oxygen atoms in total. The van der Waals surface area contributed by atoms with Crippen LogP contribution < -0.4 is 14.2 Å². The molecule has 29 heavy (non-hydrogen) atoms. The van der Waals surface area contributed by atoms with Gasteiger partial charge in [-0.05, 0) is 41.1 Å². The number of hydrogen-bond acceptors (Lipinski definition) is 7. The first-order chi connectivity index (χ1) is 13.9. The number of methoxy groups -OCH3 is 4. The van der Waals surface area contributed by atoms with E-state index < -0.39 is 11.9 Å². The van der Waals surface area contributed by atoms with Gasteiger partial charge in [0.25, 0.3) is 0 Å². The number of aromatic amines is 1. The van der Waals surface area contributed by atoms with Gasteiger partial charge in [-0.2, -0.15) is 0 Å². The van der Waals surface area contributed by atoms with Crippen molar-refractivity contribution in [1.82, 2.24) is 4.98 Å². The third-order valence-corrected chi connectivity index (χ3v) is 4.80. The summed E-state index contributed by atoms with van der Waals surface area (Å²) in [5, 5.41) is 0. The Morgan fingerprint density at radius 3 is 2.31 bits per heavy atom. The largest absolute Gasteiger partial charge is 0.493 e. The van der Waals surface area contributed by atoms with E-state index in [1.54, 1.807) is 19.1 Å². The molecule has 0 saturated carbocycles. The molecular weight excluding hydrogens is 446 g/mol. The fourth-order valence-corrected chi connectivity index (χ4v) is 3.43. The smallest absolute Gasteiger partial charge is 0.355 e. The predicted octanol–water partition coefficient (Wildman–Crippen LogP) is 3.83. The summed E-state index contributed by atoms with van der Waals surface area (Å²) < 4.78 is 26.5. The molecule has 0 spiro atoms. The molecule has 0 atom stereocenters. The average Bonchev–Trinajstić information content (AvgIpc) is 3.06. The van der Waals surface area contributed by atoms with Gasteiger partial charge >= 0.3 is 11.9 Å². The number of esters is 2. The Hall–Kier alpha value is -2.94. The second kappa shape index (κ2) is 10.0. The zero-order valence-electron chi connectivity index (χ0n) is 16.8. The monoisotopic (exact) mass is 467 g/mol. The van der Waals surface area contributed by atoms with Crippen LogP contribution in [0.3, 0.4) is 0 Å². The van der Waals surface area contributed by atoms with Crippen LogP contribution >= 0.6 is 15.9 Å². The van der Waals surface area contributed by atoms with Crippen LogP contribution in [-0.4, -0.2) is 52.0 Å². The topological polar surface area (TPSA) is 96.1 Å². The van der Waals surface area contributed by atoms with Crippen molar-refractivity contribution in [2.24, 2.45) is 0 Å². The molecule has 0 amide bonds. The highest BCUT2D eigenvalue weighted by atomic mass is 79.9. The number of benzene rings is 1. The van der Waals surface area contributed by atoms with Gasteiger partial charge in [-0.25, -0.2) is 9.59 Å². The fourth-order valence-electron chi connectivity index (χ4n) is 2.75. The Kier molecular flexibility index (Phi) is 7.72. The molecular formula is C20H22BrNO7. The highest BCUT2D eigenvalue weighted by molar-refractivity contribution is 9.10. The highest BCUT2D eigenvalue weighted by Gasteiger charge is 2.26. The lowest BCUT2D eigenvalue weighted by molar-refractivity contribution is -0.134. The van der Waals surface area contributed by atoms with E-state index in [1.807, 2.05) is 0 Å². The van der Waals surface area contributed by atoms with E-state index in [9.17, 15) is 9.59 Å². The number of hydrogen-bond donors (Lipinski definition) is 1. The van der Waals surface area contributed by atoms with Gasteiger partial charge in [-0.1, -0.05) is 0 Å². The number of aromatic nitrogens is 1. The molecule has 1 aromatic carbocycles. The van der Waals surface area contributed by atoms with Gasteiger partial charge in [0.05, 0.1) is 39.5 Å². The van der Waals surface area contributed by atoms with Crippen molar-refractivity contribution in [2.45, 2.75) is 6.92 Å². The van der Waals surface area contributed by atoms with Gasteiger partial charge in [-0.3, -0.25) is 0 Å². The minimum Gasteiger partial charge on any atom is -0.493 e. The lowest BCUT2D eigenvalue weighted by Gasteiger charge is -2.16. The van der Waals surface area contributed by atoms with Crippen LogP contribution in [0.25, 0.3) is 17.2 Å². The van der Waals surface area contributed by atoms with Gasteiger partial charge in [0.2, 0.25) is 5.75 Å². The summed E-state index contributed by atoms with van der Waals surface area (Å²) in [7, 11) is 5.79. The molecule has 2 rings (SSSR count). The van der Waals surface area contributed by atoms with Crippen molar-refractivity contribution in [1.29, 1.82) is 0 Å². The van der Waals surface area contributed by atoms with Gasteiger partial charge < -0.3 is 28.7 Å². The number of halogens is 1. The standard InChI is InChI=1S/C20H22BrNO7/c1-6-29-20(24)17-16(21)15(12(22-17)8-10-14(23)26-3)11-7-9-13(25-2)19(28-5)18(11)27-4/h7-10,22H,6H2,1-5H3. The van der Waals surface area contributed by atoms with Crippen LogP contribution in [0.5, 0.6) is 17.2 Å². The summed E-state index contributed by atoms with van der Waals surface area (Å²) >= 11 is 3.47. The zero-order chi connectivity index (χ0) is 21.6. The summed E-state index contributed by atoms with van der Waals surface area (Å²) in [4.78, 5) is 26.9. The van der Waals surface area contributed by atoms with Crippen LogP contribution in [0.15, 0.2) is 22.7 Å². The predicted molar refractivity (Wildman–Crippen MR) is 111 cm³/mol. The molecule has 9 heteroatoms. The van der Waals surface area contributed by atoms with E-state index in [2.05, 4.69) is 25.7 Å². The number of ether oxygens (including phenoxy) is 5. The van der Waals surface area contributed by atoms with Crippen molar-refractivity contribution >= 4 is 33.9 Å². The van der Waals surface area contributed by atoms with Crippen LogP contribution in [0.4, 0.5) is 0 Å². The van der Waals surface area contributed by atoms with E-state index in [4.69, 9.17) is 18.9 Å². The Morgan fingerprint density at radius 1 is 1.07 bits per heavy atom. The summed E-state index contributed by atoms with van der Waals surface area (Å²) in [6, 6.07) is 3.48. The Bertz CT molecular complexity index is 933. The van der Waals surface area contributed by atoms with Crippen LogP contribution in [-0.2, 0) is 14.3 Å². The molecule has 2 aromatic rings. The number of H-pyrrole nitrogens is 1. The Labute approximate surface area is 176 Å². The van der Waals surface area contributed by atoms with Crippen LogP contribution in [0.2, 0.25) is 0 Å². The summed E-state index contributed by atoms with van der Waals surface area (Å²) in [5.41, 5.74) is 1.85. The third-order valence-electron chi connectivity index (χ3n) is 4.01. The maximum absolute atomic E-state index is 12.4. The molecule has 0 fully saturated rings. The number of rotatable bonds is 8. The SMILES string of the molecule is CCOC(=O)c1[nH]c(C=CC(=O)OC)c(-c2ccc(OC)c(OC)c2OC)c1Br. The molecule has 1 aromatic heterocycles. The second-order valence-corrected chi connectivity index (χ2v) is 6.35. The quantitative estimate of drug-likeness (QED) is 0.465. The van der Waals surface area contributed by atoms with E-state index in [0.29, 0.717) is 38.5 Å². The lowest BCUT2D eigenvalue weighted by Crippen LogP contribution is -2.05. The summed E-state index contributed by atoms with van der Waals surface area (Å²) in [6.07, 6.45) is 2.74. The first-order valence-electron chi connectivity index (χ1n) is 8.57. The zero-order valence-corrected chi connectivity index (χ0v) is 18.3. The van der Waals surface area contributed by atoms with Gasteiger partial charge in [0.1, 0.15) is 5.69 Å². The maximum atomic E-state index is 12.4. The Morgan fingerprint density at radius 2 is 1.76 bits per heavy atom. The van der Waals surface area contributed by atoms with E-state index in [0.717, 1.165) is 0 Å². The van der Waals surface area contributed by atoms with Crippen molar-refractivity contribution in [2.75, 3.05) is 35.0 Å². The van der Waals surface area contributed by atoms with Crippen molar-refractivity contribution in [3.05, 3.63) is 34.1 Å². The molecule has 0 aliphatic carbocycles. The molecule has 156 valence electrons. The van der Waals surface area contributed by atoms with Crippen molar-refractivity contribution < 1.29 is 33.3 Å². The first kappa shape index (κ1) is 22.4. The first-order valence-corrected chi connectivity index (χ1v) is 9.36. The maximum Gasteiger partial charge on any atom is 0.355 e. The normalized spacial score (nSPS) is 10.7. The summed E-state index contributed by atoms with van der Waals surface area (Å²) in [6.45, 7) is 1.93. The van der Waals surface area contributed by atoms with Crippen molar-refractivity contribution in [3.63, 3.8) is 0 Å². The van der Waals surface area contributed by atoms with Crippen LogP contribution in [0.1, 0.15) is 23.1 Å². The number of carbonyl (C=O) groups excluding carboxylic acids is 2. The van der Waals surface area contributed by atoms with E-state index in [1.165, 1.54) is 40.6 Å². The van der Waals surface area contributed by atoms with Crippen LogP contribution in [0, 0.1) is 0 Å². The second-order valence-electron chi connectivity index (χ2n) is 5.56. The fraction of sp³-hybridized carbons (Fsp3) is 0.300. The van der Waals surface area contributed by atoms with Gasteiger partial charge in [0, 0.05) is 22.9 Å². The molecule has 1 N–H and O–H groups in total. The summed E-state index contributed by atoms with van der Waals surface area (Å²) in [5.74, 6) is 0.185. The minimum absolute atomic E-state index is 0.197. The van der Waals surface area contributed by atoms with Gasteiger partial charge in [-0.15, -0.1) is 0 Å². The van der Waals surface area contributed by atoms with Crippen molar-refractivity contribution in [3.8, 4) is 28.4 Å². The molecule has 1 heterocycles.